The molecule has 1 atom stereocenters. The van der Waals surface area contributed by atoms with E-state index in [9.17, 15) is 19.7 Å². The molecule has 2 aromatic rings. The molecule has 1 heterocycles. The van der Waals surface area contributed by atoms with Crippen LogP contribution in [0.1, 0.15) is 44.6 Å². The van der Waals surface area contributed by atoms with Gasteiger partial charge in [0.2, 0.25) is 5.91 Å². The van der Waals surface area contributed by atoms with E-state index in [1.807, 2.05) is 13.8 Å². The maximum absolute atomic E-state index is 13.3. The van der Waals surface area contributed by atoms with Crippen LogP contribution in [0.15, 0.2) is 59.8 Å². The summed E-state index contributed by atoms with van der Waals surface area (Å²) in [5, 5.41) is 11.7. The molecule has 1 aliphatic heterocycles. The minimum absolute atomic E-state index is 0.0164. The third kappa shape index (κ3) is 3.63. The van der Waals surface area contributed by atoms with E-state index in [1.165, 1.54) is 12.1 Å². The number of hydrogen-bond donors (Lipinski definition) is 0. The molecule has 4 rings (SSSR count). The van der Waals surface area contributed by atoms with E-state index in [0.717, 1.165) is 0 Å². The SMILES string of the molecule is CC1(C)CC(=O)C2=C(C1)N(c1cccc(Cl)c1)C(=O)CC2c1cccc([N+](=O)[O-])c1. The highest BCUT2D eigenvalue weighted by atomic mass is 35.5. The number of rotatable bonds is 3. The van der Waals surface area contributed by atoms with E-state index < -0.39 is 10.8 Å². The topological polar surface area (TPSA) is 80.5 Å². The van der Waals surface area contributed by atoms with Gasteiger partial charge in [0.1, 0.15) is 0 Å². The first-order chi connectivity index (χ1) is 14.2. The zero-order valence-electron chi connectivity index (χ0n) is 16.7. The van der Waals surface area contributed by atoms with E-state index >= 15 is 0 Å². The molecule has 0 N–H and O–H groups in total. The lowest BCUT2D eigenvalue weighted by molar-refractivity contribution is -0.384. The van der Waals surface area contributed by atoms with E-state index in [-0.39, 0.29) is 29.2 Å². The third-order valence-electron chi connectivity index (χ3n) is 5.69. The fourth-order valence-corrected chi connectivity index (χ4v) is 4.65. The number of amides is 1. The third-order valence-corrected chi connectivity index (χ3v) is 5.93. The molecule has 2 aromatic carbocycles. The van der Waals surface area contributed by atoms with Crippen LogP contribution < -0.4 is 4.90 Å². The maximum Gasteiger partial charge on any atom is 0.269 e. The molecule has 0 saturated heterocycles. The number of carbonyl (C=O) groups is 2. The van der Waals surface area contributed by atoms with Crippen LogP contribution in [0.5, 0.6) is 0 Å². The summed E-state index contributed by atoms with van der Waals surface area (Å²) in [6.45, 7) is 4.01. The van der Waals surface area contributed by atoms with Crippen LogP contribution in [0.25, 0.3) is 0 Å². The molecule has 1 amide bonds. The van der Waals surface area contributed by atoms with Gasteiger partial charge in [-0.3, -0.25) is 24.6 Å². The molecule has 0 aromatic heterocycles. The van der Waals surface area contributed by atoms with Gasteiger partial charge in [0.25, 0.3) is 5.69 Å². The van der Waals surface area contributed by atoms with Gasteiger partial charge in [-0.1, -0.05) is 43.6 Å². The van der Waals surface area contributed by atoms with Crippen LogP contribution in [0, 0.1) is 15.5 Å². The number of hydrogen-bond acceptors (Lipinski definition) is 4. The second-order valence-corrected chi connectivity index (χ2v) is 9.06. The van der Waals surface area contributed by atoms with Crippen molar-refractivity contribution >= 4 is 34.7 Å². The molecule has 154 valence electrons. The number of carbonyl (C=O) groups excluding carboxylic acids is 2. The van der Waals surface area contributed by atoms with Gasteiger partial charge in [0.15, 0.2) is 5.78 Å². The minimum atomic E-state index is -0.494. The van der Waals surface area contributed by atoms with Crippen LogP contribution in [0.2, 0.25) is 5.02 Å². The maximum atomic E-state index is 13.3. The lowest BCUT2D eigenvalue weighted by Crippen LogP contribution is -2.43. The lowest BCUT2D eigenvalue weighted by Gasteiger charge is -2.43. The molecule has 6 nitrogen and oxygen atoms in total. The van der Waals surface area contributed by atoms with Crippen molar-refractivity contribution in [3.63, 3.8) is 0 Å². The highest BCUT2D eigenvalue weighted by Crippen LogP contribution is 2.48. The first-order valence-corrected chi connectivity index (χ1v) is 10.1. The summed E-state index contributed by atoms with van der Waals surface area (Å²) >= 11 is 6.16. The zero-order valence-corrected chi connectivity index (χ0v) is 17.5. The summed E-state index contributed by atoms with van der Waals surface area (Å²) in [6, 6.07) is 13.2. The first-order valence-electron chi connectivity index (χ1n) is 9.75. The Balaban J connectivity index is 1.90. The zero-order chi connectivity index (χ0) is 21.6. The van der Waals surface area contributed by atoms with Crippen molar-refractivity contribution in [3.8, 4) is 0 Å². The van der Waals surface area contributed by atoms with Crippen LogP contribution in [0.4, 0.5) is 11.4 Å². The van der Waals surface area contributed by atoms with Crippen molar-refractivity contribution in [2.24, 2.45) is 5.41 Å². The number of nitro benzene ring substituents is 1. The van der Waals surface area contributed by atoms with Gasteiger partial charge in [-0.05, 0) is 35.6 Å². The van der Waals surface area contributed by atoms with Crippen molar-refractivity contribution in [1.29, 1.82) is 0 Å². The van der Waals surface area contributed by atoms with Gasteiger partial charge in [-0.15, -0.1) is 0 Å². The molecule has 0 saturated carbocycles. The van der Waals surface area contributed by atoms with Crippen molar-refractivity contribution in [1.82, 2.24) is 0 Å². The Labute approximate surface area is 179 Å². The van der Waals surface area contributed by atoms with Gasteiger partial charge >= 0.3 is 0 Å². The number of ketones is 1. The van der Waals surface area contributed by atoms with E-state index in [0.29, 0.717) is 40.4 Å². The average molecular weight is 425 g/mol. The standard InChI is InChI=1S/C23H21ClN2O4/c1-23(2)12-19-22(20(27)13-23)18(14-5-3-8-17(9-14)26(29)30)11-21(28)25(19)16-7-4-6-15(24)10-16/h3-10,18H,11-13H2,1-2H3. The Morgan fingerprint density at radius 2 is 1.83 bits per heavy atom. The van der Waals surface area contributed by atoms with E-state index in [4.69, 9.17) is 11.6 Å². The van der Waals surface area contributed by atoms with Crippen LogP contribution in [0.3, 0.4) is 0 Å². The van der Waals surface area contributed by atoms with E-state index in [1.54, 1.807) is 41.3 Å². The molecule has 1 aliphatic carbocycles. The number of nitro groups is 1. The second kappa shape index (κ2) is 7.36. The van der Waals surface area contributed by atoms with Crippen molar-refractivity contribution in [2.45, 2.75) is 39.0 Å². The van der Waals surface area contributed by atoms with Crippen molar-refractivity contribution < 1.29 is 14.5 Å². The largest absolute Gasteiger partial charge is 0.294 e. The molecule has 30 heavy (non-hydrogen) atoms. The molecular formula is C23H21ClN2O4. The van der Waals surface area contributed by atoms with Crippen molar-refractivity contribution in [3.05, 3.63) is 80.5 Å². The number of halogens is 1. The summed E-state index contributed by atoms with van der Waals surface area (Å²) in [6.07, 6.45) is 0.991. The lowest BCUT2D eigenvalue weighted by atomic mass is 9.69. The van der Waals surface area contributed by atoms with Gasteiger partial charge in [0, 0.05) is 47.2 Å². The summed E-state index contributed by atoms with van der Waals surface area (Å²) in [7, 11) is 0. The minimum Gasteiger partial charge on any atom is -0.294 e. The molecule has 0 radical (unpaired) electrons. The molecule has 1 unspecified atom stereocenters. The molecular weight excluding hydrogens is 404 g/mol. The van der Waals surface area contributed by atoms with Gasteiger partial charge < -0.3 is 0 Å². The normalized spacial score (nSPS) is 20.9. The fraction of sp³-hybridized carbons (Fsp3) is 0.304. The van der Waals surface area contributed by atoms with Gasteiger partial charge in [-0.2, -0.15) is 0 Å². The van der Waals surface area contributed by atoms with Gasteiger partial charge in [-0.25, -0.2) is 0 Å². The number of anilines is 1. The Morgan fingerprint density at radius 3 is 2.53 bits per heavy atom. The van der Waals surface area contributed by atoms with Crippen molar-refractivity contribution in [2.75, 3.05) is 4.90 Å². The van der Waals surface area contributed by atoms with Crippen LogP contribution in [-0.4, -0.2) is 16.6 Å². The van der Waals surface area contributed by atoms with Crippen LogP contribution in [-0.2, 0) is 9.59 Å². The Morgan fingerprint density at radius 1 is 1.10 bits per heavy atom. The highest BCUT2D eigenvalue weighted by Gasteiger charge is 2.44. The molecule has 0 bridgehead atoms. The average Bonchev–Trinajstić information content (AvgIpc) is 2.66. The summed E-state index contributed by atoms with van der Waals surface area (Å²) in [4.78, 5) is 38.9. The molecule has 0 fully saturated rings. The summed E-state index contributed by atoms with van der Waals surface area (Å²) in [5.74, 6) is -0.665. The second-order valence-electron chi connectivity index (χ2n) is 8.62. The number of nitrogens with zero attached hydrogens (tertiary/aromatic N) is 2. The number of Topliss-reactive ketones (excluding diaryl/α,β-unsaturated/α-hetero) is 1. The Kier molecular flexibility index (Phi) is 4.98. The Hall–Kier alpha value is -2.99. The van der Waals surface area contributed by atoms with Crippen LogP contribution >= 0.6 is 11.6 Å². The number of allylic oxidation sites excluding steroid dienone is 2. The fourth-order valence-electron chi connectivity index (χ4n) is 4.47. The molecule has 2 aliphatic rings. The van der Waals surface area contributed by atoms with Gasteiger partial charge in [0.05, 0.1) is 10.6 Å². The quantitative estimate of drug-likeness (QED) is 0.487. The smallest absolute Gasteiger partial charge is 0.269 e. The Bertz CT molecular complexity index is 1110. The first kappa shape index (κ1) is 20.3. The monoisotopic (exact) mass is 424 g/mol. The molecule has 0 spiro atoms. The predicted octanol–water partition coefficient (Wildman–Crippen LogP) is 5.41. The molecule has 7 heteroatoms. The summed E-state index contributed by atoms with van der Waals surface area (Å²) in [5.41, 5.74) is 2.15. The highest BCUT2D eigenvalue weighted by molar-refractivity contribution is 6.31. The summed E-state index contributed by atoms with van der Waals surface area (Å²) < 4.78 is 0. The number of benzene rings is 2. The number of non-ortho nitro benzene ring substituents is 1. The van der Waals surface area contributed by atoms with E-state index in [2.05, 4.69) is 0 Å². The predicted molar refractivity (Wildman–Crippen MR) is 114 cm³/mol.